The van der Waals surface area contributed by atoms with Crippen molar-refractivity contribution in [2.75, 3.05) is 20.0 Å². The van der Waals surface area contributed by atoms with Crippen molar-refractivity contribution >= 4 is 0 Å². The van der Waals surface area contributed by atoms with Gasteiger partial charge in [0.05, 0.1) is 18.8 Å². The lowest BCUT2D eigenvalue weighted by molar-refractivity contribution is -0.0572. The van der Waals surface area contributed by atoms with Gasteiger partial charge in [-0.2, -0.15) is 0 Å². The van der Waals surface area contributed by atoms with Crippen LogP contribution in [0.4, 0.5) is 0 Å². The molecular weight excluding hydrogens is 194 g/mol. The van der Waals surface area contributed by atoms with E-state index in [0.29, 0.717) is 20.0 Å². The first-order valence-corrected chi connectivity index (χ1v) is 4.96. The van der Waals surface area contributed by atoms with Crippen LogP contribution >= 0.6 is 0 Å². The van der Waals surface area contributed by atoms with E-state index in [-0.39, 0.29) is 5.54 Å². The molecule has 1 fully saturated rings. The second-order valence-corrected chi connectivity index (χ2v) is 4.17. The van der Waals surface area contributed by atoms with Crippen LogP contribution in [0.5, 0.6) is 11.5 Å². The zero-order valence-corrected chi connectivity index (χ0v) is 8.58. The number of nitrogens with two attached hydrogens (primary N) is 1. The Morgan fingerprint density at radius 1 is 1.20 bits per heavy atom. The Hall–Kier alpha value is -1.26. The summed E-state index contributed by atoms with van der Waals surface area (Å²) in [4.78, 5) is 0. The van der Waals surface area contributed by atoms with E-state index in [4.69, 9.17) is 19.9 Å². The minimum atomic E-state index is -0.342. The lowest BCUT2D eigenvalue weighted by Crippen LogP contribution is -2.54. The number of rotatable bonds is 1. The molecule has 3 rings (SSSR count). The predicted octanol–water partition coefficient (Wildman–Crippen LogP) is 0.908. The molecule has 0 bridgehead atoms. The number of hydrogen-bond acceptors (Lipinski definition) is 4. The summed E-state index contributed by atoms with van der Waals surface area (Å²) in [5.74, 6) is 1.59. The van der Waals surface area contributed by atoms with Crippen LogP contribution in [0.3, 0.4) is 0 Å². The maximum Gasteiger partial charge on any atom is 0.231 e. The summed E-state index contributed by atoms with van der Waals surface area (Å²) in [6.07, 6.45) is 0. The number of hydrogen-bond donors (Lipinski definition) is 1. The van der Waals surface area contributed by atoms with Crippen molar-refractivity contribution in [3.63, 3.8) is 0 Å². The van der Waals surface area contributed by atoms with E-state index in [0.717, 1.165) is 22.6 Å². The van der Waals surface area contributed by atoms with E-state index in [2.05, 4.69) is 0 Å². The SMILES string of the molecule is Cc1cc2c(cc1C1(N)COC1)OCO2. The van der Waals surface area contributed by atoms with Crippen molar-refractivity contribution in [2.24, 2.45) is 5.73 Å². The molecule has 1 aromatic carbocycles. The Bertz CT molecular complexity index is 413. The molecule has 4 heteroatoms. The van der Waals surface area contributed by atoms with Crippen molar-refractivity contribution in [3.05, 3.63) is 23.3 Å². The molecule has 0 unspecified atom stereocenters. The monoisotopic (exact) mass is 207 g/mol. The van der Waals surface area contributed by atoms with Crippen LogP contribution < -0.4 is 15.2 Å². The van der Waals surface area contributed by atoms with E-state index in [1.807, 2.05) is 19.1 Å². The first-order chi connectivity index (χ1) is 7.19. The molecule has 0 aliphatic carbocycles. The molecule has 2 aliphatic heterocycles. The first-order valence-electron chi connectivity index (χ1n) is 4.96. The molecule has 80 valence electrons. The lowest BCUT2D eigenvalue weighted by atomic mass is 9.86. The Labute approximate surface area is 87.9 Å². The van der Waals surface area contributed by atoms with Gasteiger partial charge in [-0.1, -0.05) is 0 Å². The molecule has 0 atom stereocenters. The van der Waals surface area contributed by atoms with Crippen molar-refractivity contribution < 1.29 is 14.2 Å². The van der Waals surface area contributed by atoms with E-state index in [1.165, 1.54) is 0 Å². The highest BCUT2D eigenvalue weighted by atomic mass is 16.7. The van der Waals surface area contributed by atoms with Crippen LogP contribution in [0.25, 0.3) is 0 Å². The molecule has 1 saturated heterocycles. The topological polar surface area (TPSA) is 53.7 Å². The fourth-order valence-electron chi connectivity index (χ4n) is 2.06. The zero-order chi connectivity index (χ0) is 10.5. The average molecular weight is 207 g/mol. The van der Waals surface area contributed by atoms with Crippen LogP contribution in [0, 0.1) is 6.92 Å². The predicted molar refractivity (Wildman–Crippen MR) is 54.0 cm³/mol. The quantitative estimate of drug-likeness (QED) is 0.743. The smallest absolute Gasteiger partial charge is 0.231 e. The Kier molecular flexibility index (Phi) is 1.72. The summed E-state index contributed by atoms with van der Waals surface area (Å²) < 4.78 is 15.8. The molecule has 2 aliphatic rings. The second-order valence-electron chi connectivity index (χ2n) is 4.17. The van der Waals surface area contributed by atoms with Crippen LogP contribution in [-0.4, -0.2) is 20.0 Å². The van der Waals surface area contributed by atoms with Gasteiger partial charge in [0.15, 0.2) is 11.5 Å². The average Bonchev–Trinajstić information content (AvgIpc) is 2.60. The summed E-state index contributed by atoms with van der Waals surface area (Å²) in [5, 5.41) is 0. The number of aryl methyl sites for hydroxylation is 1. The fourth-order valence-corrected chi connectivity index (χ4v) is 2.06. The second kappa shape index (κ2) is 2.87. The van der Waals surface area contributed by atoms with Gasteiger partial charge in [0.1, 0.15) is 0 Å². The molecule has 2 heterocycles. The van der Waals surface area contributed by atoms with Gasteiger partial charge in [-0.3, -0.25) is 0 Å². The number of benzene rings is 1. The lowest BCUT2D eigenvalue weighted by Gasteiger charge is -2.39. The molecule has 15 heavy (non-hydrogen) atoms. The fraction of sp³-hybridized carbons (Fsp3) is 0.455. The Balaban J connectivity index is 2.08. The van der Waals surface area contributed by atoms with E-state index in [9.17, 15) is 0 Å². The molecule has 0 spiro atoms. The molecule has 0 radical (unpaired) electrons. The van der Waals surface area contributed by atoms with Crippen molar-refractivity contribution in [1.82, 2.24) is 0 Å². The van der Waals surface area contributed by atoms with Gasteiger partial charge in [-0.25, -0.2) is 0 Å². The summed E-state index contributed by atoms with van der Waals surface area (Å²) >= 11 is 0. The Morgan fingerprint density at radius 3 is 2.47 bits per heavy atom. The third-order valence-corrected chi connectivity index (χ3v) is 2.98. The van der Waals surface area contributed by atoms with Gasteiger partial charge < -0.3 is 19.9 Å². The third kappa shape index (κ3) is 1.22. The minimum Gasteiger partial charge on any atom is -0.454 e. The van der Waals surface area contributed by atoms with E-state index < -0.39 is 0 Å². The van der Waals surface area contributed by atoms with Gasteiger partial charge in [-0.05, 0) is 30.2 Å². The molecule has 1 aromatic rings. The van der Waals surface area contributed by atoms with Gasteiger partial charge in [-0.15, -0.1) is 0 Å². The largest absolute Gasteiger partial charge is 0.454 e. The standard InChI is InChI=1S/C11H13NO3/c1-7-2-9-10(15-6-14-9)3-8(7)11(12)4-13-5-11/h2-3H,4-6,12H2,1H3. The molecule has 4 nitrogen and oxygen atoms in total. The van der Waals surface area contributed by atoms with E-state index in [1.54, 1.807) is 0 Å². The van der Waals surface area contributed by atoms with E-state index >= 15 is 0 Å². The number of fused-ring (bicyclic) bond motifs is 1. The summed E-state index contributed by atoms with van der Waals surface area (Å²) in [6, 6.07) is 3.95. The van der Waals surface area contributed by atoms with Gasteiger partial charge in [0.25, 0.3) is 0 Å². The maximum absolute atomic E-state index is 6.20. The maximum atomic E-state index is 6.20. The zero-order valence-electron chi connectivity index (χ0n) is 8.58. The first kappa shape index (κ1) is 9.00. The molecule has 2 N–H and O–H groups in total. The number of ether oxygens (including phenoxy) is 3. The van der Waals surface area contributed by atoms with Crippen molar-refractivity contribution in [1.29, 1.82) is 0 Å². The normalized spacial score (nSPS) is 21.2. The highest BCUT2D eigenvalue weighted by Crippen LogP contribution is 2.39. The highest BCUT2D eigenvalue weighted by Gasteiger charge is 2.38. The molecule has 0 amide bonds. The van der Waals surface area contributed by atoms with Crippen LogP contribution in [0.1, 0.15) is 11.1 Å². The Morgan fingerprint density at radius 2 is 1.87 bits per heavy atom. The van der Waals surface area contributed by atoms with Gasteiger partial charge >= 0.3 is 0 Å². The third-order valence-electron chi connectivity index (χ3n) is 2.98. The van der Waals surface area contributed by atoms with Gasteiger partial charge in [0, 0.05) is 0 Å². The summed E-state index contributed by atoms with van der Waals surface area (Å²) in [7, 11) is 0. The summed E-state index contributed by atoms with van der Waals surface area (Å²) in [5.41, 5.74) is 8.08. The van der Waals surface area contributed by atoms with Crippen molar-refractivity contribution in [2.45, 2.75) is 12.5 Å². The molecule has 0 aromatic heterocycles. The van der Waals surface area contributed by atoms with Crippen molar-refractivity contribution in [3.8, 4) is 11.5 Å². The van der Waals surface area contributed by atoms with Gasteiger partial charge in [0.2, 0.25) is 6.79 Å². The molecule has 0 saturated carbocycles. The van der Waals surface area contributed by atoms with Crippen LogP contribution in [-0.2, 0) is 10.3 Å². The molecular formula is C11H13NO3. The van der Waals surface area contributed by atoms with Crippen LogP contribution in [0.2, 0.25) is 0 Å². The highest BCUT2D eigenvalue weighted by molar-refractivity contribution is 5.51. The van der Waals surface area contributed by atoms with Crippen LogP contribution in [0.15, 0.2) is 12.1 Å². The summed E-state index contributed by atoms with van der Waals surface area (Å²) in [6.45, 7) is 3.48. The minimum absolute atomic E-state index is 0.298.